The third-order valence-corrected chi connectivity index (χ3v) is 3.94. The molecule has 0 aliphatic heterocycles. The average molecular weight is 293 g/mol. The van der Waals surface area contributed by atoms with E-state index < -0.39 is 11.6 Å². The van der Waals surface area contributed by atoms with Gasteiger partial charge in [-0.15, -0.1) is 11.8 Å². The normalized spacial score (nSPS) is 12.2. The van der Waals surface area contributed by atoms with Crippen LogP contribution in [0.25, 0.3) is 0 Å². The second-order valence-corrected chi connectivity index (χ2v) is 5.77. The Morgan fingerprint density at radius 3 is 2.65 bits per heavy atom. The summed E-state index contributed by atoms with van der Waals surface area (Å²) < 4.78 is 27.0. The minimum absolute atomic E-state index is 0.302. The standard InChI is InChI=1S/C16H17F2NS/c1-3-20-16-7-5-4-6-15(16)19-11(2)13-10-12(17)8-9-14(13)18/h4-11,19H,3H2,1-2H3. The highest BCUT2D eigenvalue weighted by molar-refractivity contribution is 7.99. The molecule has 0 fully saturated rings. The van der Waals surface area contributed by atoms with Crippen LogP contribution in [0.1, 0.15) is 25.5 Å². The maximum absolute atomic E-state index is 13.8. The van der Waals surface area contributed by atoms with Gasteiger partial charge in [0.1, 0.15) is 11.6 Å². The maximum Gasteiger partial charge on any atom is 0.128 e. The van der Waals surface area contributed by atoms with Gasteiger partial charge in [-0.2, -0.15) is 0 Å². The van der Waals surface area contributed by atoms with E-state index in [-0.39, 0.29) is 6.04 Å². The second kappa shape index (κ2) is 6.75. The first kappa shape index (κ1) is 14.9. The maximum atomic E-state index is 13.8. The summed E-state index contributed by atoms with van der Waals surface area (Å²) in [5.41, 5.74) is 1.27. The lowest BCUT2D eigenvalue weighted by Crippen LogP contribution is -2.09. The number of anilines is 1. The van der Waals surface area contributed by atoms with E-state index in [1.807, 2.05) is 31.2 Å². The fraction of sp³-hybridized carbons (Fsp3) is 0.250. The summed E-state index contributed by atoms with van der Waals surface area (Å²) in [6.07, 6.45) is 0. The molecular formula is C16H17F2NS. The van der Waals surface area contributed by atoms with E-state index in [1.54, 1.807) is 11.8 Å². The molecule has 2 aromatic carbocycles. The molecule has 0 radical (unpaired) electrons. The molecular weight excluding hydrogens is 276 g/mol. The van der Waals surface area contributed by atoms with Crippen molar-refractivity contribution in [2.45, 2.75) is 24.8 Å². The molecule has 4 heteroatoms. The van der Waals surface area contributed by atoms with Crippen molar-refractivity contribution in [3.8, 4) is 0 Å². The molecule has 20 heavy (non-hydrogen) atoms. The van der Waals surface area contributed by atoms with Crippen molar-refractivity contribution in [2.24, 2.45) is 0 Å². The fourth-order valence-corrected chi connectivity index (χ4v) is 2.79. The highest BCUT2D eigenvalue weighted by atomic mass is 32.2. The van der Waals surface area contributed by atoms with E-state index in [9.17, 15) is 8.78 Å². The van der Waals surface area contributed by atoms with Crippen LogP contribution in [-0.2, 0) is 0 Å². The van der Waals surface area contributed by atoms with Crippen molar-refractivity contribution in [1.29, 1.82) is 0 Å². The van der Waals surface area contributed by atoms with Gasteiger partial charge in [-0.3, -0.25) is 0 Å². The first-order valence-electron chi connectivity index (χ1n) is 6.55. The lowest BCUT2D eigenvalue weighted by Gasteiger charge is -2.18. The molecule has 106 valence electrons. The summed E-state index contributed by atoms with van der Waals surface area (Å²) in [6.45, 7) is 3.91. The zero-order valence-corrected chi connectivity index (χ0v) is 12.3. The third kappa shape index (κ3) is 3.51. The van der Waals surface area contributed by atoms with Gasteiger partial charge in [0.15, 0.2) is 0 Å². The Labute approximate surface area is 122 Å². The van der Waals surface area contributed by atoms with E-state index in [1.165, 1.54) is 6.07 Å². The molecule has 0 heterocycles. The molecule has 0 saturated heterocycles. The van der Waals surface area contributed by atoms with E-state index in [4.69, 9.17) is 0 Å². The fourth-order valence-electron chi connectivity index (χ4n) is 2.02. The van der Waals surface area contributed by atoms with Gasteiger partial charge in [-0.1, -0.05) is 19.1 Å². The van der Waals surface area contributed by atoms with Crippen LogP contribution in [0.3, 0.4) is 0 Å². The quantitative estimate of drug-likeness (QED) is 0.756. The molecule has 2 rings (SSSR count). The van der Waals surface area contributed by atoms with Crippen LogP contribution in [0.15, 0.2) is 47.4 Å². The molecule has 0 aliphatic carbocycles. The molecule has 0 saturated carbocycles. The Kier molecular flexibility index (Phi) is 5.01. The van der Waals surface area contributed by atoms with Crippen LogP contribution in [0, 0.1) is 11.6 Å². The molecule has 1 unspecified atom stereocenters. The monoisotopic (exact) mass is 293 g/mol. The van der Waals surface area contributed by atoms with Gasteiger partial charge in [0.05, 0.1) is 6.04 Å². The summed E-state index contributed by atoms with van der Waals surface area (Å²) in [6, 6.07) is 11.1. The van der Waals surface area contributed by atoms with Crippen molar-refractivity contribution in [3.05, 3.63) is 59.7 Å². The second-order valence-electron chi connectivity index (χ2n) is 4.46. The molecule has 1 nitrogen and oxygen atoms in total. The predicted molar refractivity (Wildman–Crippen MR) is 81.2 cm³/mol. The van der Waals surface area contributed by atoms with Crippen molar-refractivity contribution in [3.63, 3.8) is 0 Å². The molecule has 0 aliphatic rings. The topological polar surface area (TPSA) is 12.0 Å². The number of rotatable bonds is 5. The van der Waals surface area contributed by atoms with E-state index >= 15 is 0 Å². The van der Waals surface area contributed by atoms with E-state index in [0.717, 1.165) is 28.5 Å². The van der Waals surface area contributed by atoms with Crippen molar-refractivity contribution in [2.75, 3.05) is 11.1 Å². The van der Waals surface area contributed by atoms with Crippen LogP contribution in [-0.4, -0.2) is 5.75 Å². The van der Waals surface area contributed by atoms with Gasteiger partial charge < -0.3 is 5.32 Å². The summed E-state index contributed by atoms with van der Waals surface area (Å²) in [4.78, 5) is 1.11. The number of thioether (sulfide) groups is 1. The lowest BCUT2D eigenvalue weighted by atomic mass is 10.1. The number of halogens is 2. The lowest BCUT2D eigenvalue weighted by molar-refractivity contribution is 0.577. The van der Waals surface area contributed by atoms with E-state index in [2.05, 4.69) is 12.2 Å². The molecule has 1 atom stereocenters. The predicted octanol–water partition coefficient (Wildman–Crippen LogP) is 5.25. The summed E-state index contributed by atoms with van der Waals surface area (Å²) in [5, 5.41) is 3.25. The first-order valence-corrected chi connectivity index (χ1v) is 7.53. The zero-order chi connectivity index (χ0) is 14.5. The summed E-state index contributed by atoms with van der Waals surface area (Å²) in [7, 11) is 0. The third-order valence-electron chi connectivity index (χ3n) is 2.98. The van der Waals surface area contributed by atoms with Crippen molar-refractivity contribution >= 4 is 17.4 Å². The van der Waals surface area contributed by atoms with Crippen LogP contribution < -0.4 is 5.32 Å². The Morgan fingerprint density at radius 2 is 1.90 bits per heavy atom. The SMILES string of the molecule is CCSc1ccccc1NC(C)c1cc(F)ccc1F. The van der Waals surface area contributed by atoms with Gasteiger partial charge in [-0.05, 0) is 43.0 Å². The number of hydrogen-bond donors (Lipinski definition) is 1. The van der Waals surface area contributed by atoms with Gasteiger partial charge in [-0.25, -0.2) is 8.78 Å². The van der Waals surface area contributed by atoms with Crippen LogP contribution in [0.5, 0.6) is 0 Å². The molecule has 0 amide bonds. The minimum Gasteiger partial charge on any atom is -0.378 e. The summed E-state index contributed by atoms with van der Waals surface area (Å²) >= 11 is 1.72. The zero-order valence-electron chi connectivity index (χ0n) is 11.5. The van der Waals surface area contributed by atoms with Crippen LogP contribution in [0.4, 0.5) is 14.5 Å². The number of benzene rings is 2. The Bertz CT molecular complexity index is 586. The van der Waals surface area contributed by atoms with Gasteiger partial charge in [0, 0.05) is 16.1 Å². The van der Waals surface area contributed by atoms with Crippen LogP contribution >= 0.6 is 11.8 Å². The van der Waals surface area contributed by atoms with Crippen LogP contribution in [0.2, 0.25) is 0 Å². The summed E-state index contributed by atoms with van der Waals surface area (Å²) in [5.74, 6) is 0.139. The minimum atomic E-state index is -0.425. The molecule has 0 bridgehead atoms. The Hall–Kier alpha value is -1.55. The van der Waals surface area contributed by atoms with Gasteiger partial charge >= 0.3 is 0 Å². The highest BCUT2D eigenvalue weighted by Crippen LogP contribution is 2.30. The van der Waals surface area contributed by atoms with Gasteiger partial charge in [0.25, 0.3) is 0 Å². The molecule has 0 aromatic heterocycles. The smallest absolute Gasteiger partial charge is 0.128 e. The Morgan fingerprint density at radius 1 is 1.15 bits per heavy atom. The van der Waals surface area contributed by atoms with Crippen molar-refractivity contribution < 1.29 is 8.78 Å². The molecule has 1 N–H and O–H groups in total. The number of nitrogens with one attached hydrogen (secondary N) is 1. The van der Waals surface area contributed by atoms with Crippen molar-refractivity contribution in [1.82, 2.24) is 0 Å². The Balaban J connectivity index is 2.23. The highest BCUT2D eigenvalue weighted by Gasteiger charge is 2.13. The number of hydrogen-bond acceptors (Lipinski definition) is 2. The first-order chi connectivity index (χ1) is 9.61. The number of para-hydroxylation sites is 1. The average Bonchev–Trinajstić information content (AvgIpc) is 2.44. The van der Waals surface area contributed by atoms with E-state index in [0.29, 0.717) is 5.56 Å². The largest absolute Gasteiger partial charge is 0.378 e. The molecule has 0 spiro atoms. The van der Waals surface area contributed by atoms with Gasteiger partial charge in [0.2, 0.25) is 0 Å². The molecule has 2 aromatic rings.